The Kier molecular flexibility index (Phi) is 3.14. The Labute approximate surface area is 109 Å². The van der Waals surface area contributed by atoms with Crippen LogP contribution in [0, 0.1) is 12.7 Å². The second-order valence-electron chi connectivity index (χ2n) is 4.97. The van der Waals surface area contributed by atoms with E-state index in [2.05, 4.69) is 5.16 Å². The fourth-order valence-electron chi connectivity index (χ4n) is 1.85. The van der Waals surface area contributed by atoms with Crippen molar-refractivity contribution in [2.24, 2.45) is 0 Å². The van der Waals surface area contributed by atoms with Crippen molar-refractivity contribution in [1.29, 1.82) is 0 Å². The van der Waals surface area contributed by atoms with Crippen molar-refractivity contribution in [2.45, 2.75) is 26.2 Å². The first-order valence-electron chi connectivity index (χ1n) is 5.79. The van der Waals surface area contributed by atoms with E-state index in [-0.39, 0.29) is 11.5 Å². The molecule has 0 fully saturated rings. The van der Waals surface area contributed by atoms with Crippen LogP contribution in [0.25, 0.3) is 0 Å². The summed E-state index contributed by atoms with van der Waals surface area (Å²) in [6, 6.07) is 6.16. The molecule has 0 amide bonds. The van der Waals surface area contributed by atoms with Gasteiger partial charge in [-0.15, -0.1) is 0 Å². The number of nitrogens with zero attached hydrogens (tertiary/aromatic N) is 1. The van der Waals surface area contributed by atoms with E-state index in [4.69, 9.17) is 9.63 Å². The van der Waals surface area contributed by atoms with Gasteiger partial charge in [-0.05, 0) is 38.0 Å². The van der Waals surface area contributed by atoms with Crippen LogP contribution in [0.5, 0.6) is 0 Å². The first-order valence-corrected chi connectivity index (χ1v) is 5.79. The van der Waals surface area contributed by atoms with Crippen LogP contribution in [-0.4, -0.2) is 16.2 Å². The zero-order chi connectivity index (χ0) is 14.2. The van der Waals surface area contributed by atoms with Gasteiger partial charge in [0.25, 0.3) is 0 Å². The molecule has 0 unspecified atom stereocenters. The van der Waals surface area contributed by atoms with E-state index in [9.17, 15) is 9.18 Å². The number of aromatic carboxylic acids is 1. The molecule has 1 aromatic carbocycles. The molecule has 1 N–H and O–H groups in total. The zero-order valence-electron chi connectivity index (χ0n) is 10.9. The summed E-state index contributed by atoms with van der Waals surface area (Å²) in [4.78, 5) is 10.8. The Balaban J connectivity index is 2.45. The third kappa shape index (κ3) is 2.36. The molecule has 4 nitrogen and oxygen atoms in total. The van der Waals surface area contributed by atoms with E-state index in [1.807, 2.05) is 13.8 Å². The fourth-order valence-corrected chi connectivity index (χ4v) is 1.85. The number of hydrogen-bond acceptors (Lipinski definition) is 3. The van der Waals surface area contributed by atoms with E-state index < -0.39 is 11.4 Å². The van der Waals surface area contributed by atoms with Gasteiger partial charge in [0.15, 0.2) is 5.69 Å². The summed E-state index contributed by atoms with van der Waals surface area (Å²) < 4.78 is 18.4. The van der Waals surface area contributed by atoms with Gasteiger partial charge in [-0.25, -0.2) is 9.18 Å². The number of benzene rings is 1. The van der Waals surface area contributed by atoms with E-state index in [0.717, 1.165) is 5.56 Å². The minimum absolute atomic E-state index is 0.137. The molecule has 2 rings (SSSR count). The smallest absolute Gasteiger partial charge is 0.358 e. The third-order valence-corrected chi connectivity index (χ3v) is 3.22. The number of hydrogen-bond donors (Lipinski definition) is 1. The Hall–Kier alpha value is -2.17. The van der Waals surface area contributed by atoms with Crippen molar-refractivity contribution in [3.05, 3.63) is 52.7 Å². The lowest BCUT2D eigenvalue weighted by Crippen LogP contribution is -2.18. The monoisotopic (exact) mass is 263 g/mol. The summed E-state index contributed by atoms with van der Waals surface area (Å²) in [6.07, 6.45) is 0. The number of carboxylic acids is 1. The first kappa shape index (κ1) is 13.3. The van der Waals surface area contributed by atoms with E-state index in [1.165, 1.54) is 12.1 Å². The Morgan fingerprint density at radius 2 is 2.05 bits per heavy atom. The molecule has 0 saturated carbocycles. The summed E-state index contributed by atoms with van der Waals surface area (Å²) in [5.41, 5.74) is 0.643. The standard InChI is InChI=1S/C14H14FNO3/c1-8-6-9(4-5-10(8)15)14(2,3)12-7-11(13(17)18)16-19-12/h4-7H,1-3H3,(H,17,18). The van der Waals surface area contributed by atoms with Crippen LogP contribution in [-0.2, 0) is 5.41 Å². The minimum atomic E-state index is -1.14. The minimum Gasteiger partial charge on any atom is -0.476 e. The van der Waals surface area contributed by atoms with Gasteiger partial charge in [-0.2, -0.15) is 0 Å². The molecule has 19 heavy (non-hydrogen) atoms. The molecule has 0 saturated heterocycles. The summed E-state index contributed by atoms with van der Waals surface area (Å²) in [7, 11) is 0. The van der Waals surface area contributed by atoms with Crippen LogP contribution in [0.3, 0.4) is 0 Å². The van der Waals surface area contributed by atoms with Gasteiger partial charge in [0.1, 0.15) is 11.6 Å². The van der Waals surface area contributed by atoms with Crippen molar-refractivity contribution in [3.63, 3.8) is 0 Å². The highest BCUT2D eigenvalue weighted by Crippen LogP contribution is 2.32. The van der Waals surface area contributed by atoms with Crippen LogP contribution >= 0.6 is 0 Å². The highest BCUT2D eigenvalue weighted by molar-refractivity contribution is 5.85. The highest BCUT2D eigenvalue weighted by Gasteiger charge is 2.29. The molecule has 0 atom stereocenters. The summed E-state index contributed by atoms with van der Waals surface area (Å²) in [5.74, 6) is -0.986. The lowest BCUT2D eigenvalue weighted by molar-refractivity contribution is 0.0685. The molecule has 2 aromatic rings. The van der Waals surface area contributed by atoms with Gasteiger partial charge in [-0.1, -0.05) is 17.3 Å². The molecule has 0 aliphatic rings. The molecule has 0 radical (unpaired) electrons. The molecule has 100 valence electrons. The quantitative estimate of drug-likeness (QED) is 0.923. The number of aromatic nitrogens is 1. The number of carboxylic acid groups (broad SMARTS) is 1. The van der Waals surface area contributed by atoms with E-state index in [1.54, 1.807) is 19.1 Å². The molecule has 0 bridgehead atoms. The molecule has 0 aliphatic heterocycles. The summed E-state index contributed by atoms with van der Waals surface area (Å²) in [6.45, 7) is 5.41. The maximum atomic E-state index is 13.3. The van der Waals surface area contributed by atoms with Crippen LogP contribution in [0.4, 0.5) is 4.39 Å². The second kappa shape index (κ2) is 4.50. The van der Waals surface area contributed by atoms with Crippen LogP contribution in [0.2, 0.25) is 0 Å². The van der Waals surface area contributed by atoms with Gasteiger partial charge in [-0.3, -0.25) is 0 Å². The SMILES string of the molecule is Cc1cc(C(C)(C)c2cc(C(=O)O)no2)ccc1F. The Morgan fingerprint density at radius 3 is 2.58 bits per heavy atom. The van der Waals surface area contributed by atoms with Gasteiger partial charge < -0.3 is 9.63 Å². The van der Waals surface area contributed by atoms with Crippen molar-refractivity contribution >= 4 is 5.97 Å². The molecule has 0 spiro atoms. The molecule has 0 aliphatic carbocycles. The second-order valence-corrected chi connectivity index (χ2v) is 4.97. The normalized spacial score (nSPS) is 11.6. The molecule has 1 aromatic heterocycles. The summed E-state index contributed by atoms with van der Waals surface area (Å²) >= 11 is 0. The van der Waals surface area contributed by atoms with Crippen LogP contribution < -0.4 is 0 Å². The van der Waals surface area contributed by atoms with Gasteiger partial charge in [0.05, 0.1) is 5.41 Å². The predicted octanol–water partition coefficient (Wildman–Crippen LogP) is 3.15. The molecule has 1 heterocycles. The first-order chi connectivity index (χ1) is 8.82. The lowest BCUT2D eigenvalue weighted by atomic mass is 9.81. The molecule has 5 heteroatoms. The van der Waals surface area contributed by atoms with Crippen molar-refractivity contribution < 1.29 is 18.8 Å². The number of rotatable bonds is 3. The summed E-state index contributed by atoms with van der Waals surface area (Å²) in [5, 5.41) is 12.3. The van der Waals surface area contributed by atoms with Crippen LogP contribution in [0.1, 0.15) is 41.2 Å². The van der Waals surface area contributed by atoms with Crippen molar-refractivity contribution in [2.75, 3.05) is 0 Å². The van der Waals surface area contributed by atoms with Crippen LogP contribution in [0.15, 0.2) is 28.8 Å². The average molecular weight is 263 g/mol. The fraction of sp³-hybridized carbons (Fsp3) is 0.286. The molecular formula is C14H14FNO3. The maximum absolute atomic E-state index is 13.3. The number of carbonyl (C=O) groups is 1. The zero-order valence-corrected chi connectivity index (χ0v) is 10.9. The number of halogens is 1. The van der Waals surface area contributed by atoms with Gasteiger partial charge in [0, 0.05) is 6.07 Å². The lowest BCUT2D eigenvalue weighted by Gasteiger charge is -2.22. The Bertz CT molecular complexity index is 631. The van der Waals surface area contributed by atoms with E-state index >= 15 is 0 Å². The van der Waals surface area contributed by atoms with E-state index in [0.29, 0.717) is 11.3 Å². The van der Waals surface area contributed by atoms with Gasteiger partial charge >= 0.3 is 5.97 Å². The molecular weight excluding hydrogens is 249 g/mol. The largest absolute Gasteiger partial charge is 0.476 e. The maximum Gasteiger partial charge on any atom is 0.358 e. The number of aryl methyl sites for hydroxylation is 1. The topological polar surface area (TPSA) is 63.3 Å². The van der Waals surface area contributed by atoms with Crippen molar-refractivity contribution in [3.8, 4) is 0 Å². The average Bonchev–Trinajstić information content (AvgIpc) is 2.82. The predicted molar refractivity (Wildman–Crippen MR) is 66.7 cm³/mol. The third-order valence-electron chi connectivity index (χ3n) is 3.22. The van der Waals surface area contributed by atoms with Crippen molar-refractivity contribution in [1.82, 2.24) is 5.16 Å². The highest BCUT2D eigenvalue weighted by atomic mass is 19.1. The Morgan fingerprint density at radius 1 is 1.37 bits per heavy atom. The van der Waals surface area contributed by atoms with Gasteiger partial charge in [0.2, 0.25) is 0 Å².